The molecule has 0 aromatic heterocycles. The zero-order valence-electron chi connectivity index (χ0n) is 17.1. The number of carbonyl (C=O) groups excluding carboxylic acids is 1. The van der Waals surface area contributed by atoms with Gasteiger partial charge >= 0.3 is 0 Å². The molecule has 0 atom stereocenters. The van der Waals surface area contributed by atoms with E-state index in [2.05, 4.69) is 50.2 Å². The Morgan fingerprint density at radius 3 is 1.90 bits per heavy atom. The van der Waals surface area contributed by atoms with Gasteiger partial charge in [-0.25, -0.2) is 0 Å². The standard InChI is InChI=1S/C26H25NO2/c1-18-4-10-21(11-5-18)24-17-27(16-20-8-14-23(29-3)15-9-20)26(28)25(24)22-12-6-19(2)7-13-22/h4-15H,16-17H2,1-3H3. The van der Waals surface area contributed by atoms with Gasteiger partial charge in [0, 0.05) is 13.1 Å². The van der Waals surface area contributed by atoms with Crippen LogP contribution >= 0.6 is 0 Å². The second-order valence-electron chi connectivity index (χ2n) is 7.59. The summed E-state index contributed by atoms with van der Waals surface area (Å²) in [5.74, 6) is 0.903. The van der Waals surface area contributed by atoms with Gasteiger partial charge in [-0.3, -0.25) is 4.79 Å². The summed E-state index contributed by atoms with van der Waals surface area (Å²) in [5.41, 5.74) is 7.48. The summed E-state index contributed by atoms with van der Waals surface area (Å²) in [4.78, 5) is 15.3. The van der Waals surface area contributed by atoms with E-state index in [4.69, 9.17) is 4.74 Å². The Labute approximate surface area is 172 Å². The summed E-state index contributed by atoms with van der Waals surface area (Å²) in [7, 11) is 1.66. The minimum absolute atomic E-state index is 0.0836. The summed E-state index contributed by atoms with van der Waals surface area (Å²) in [6.07, 6.45) is 0. The number of methoxy groups -OCH3 is 1. The van der Waals surface area contributed by atoms with Crippen LogP contribution in [0, 0.1) is 13.8 Å². The SMILES string of the molecule is COc1ccc(CN2CC(c3ccc(C)cc3)=C(c3ccc(C)cc3)C2=O)cc1. The molecule has 0 aliphatic carbocycles. The van der Waals surface area contributed by atoms with Crippen LogP contribution in [-0.4, -0.2) is 24.5 Å². The van der Waals surface area contributed by atoms with Crippen LogP contribution in [0.2, 0.25) is 0 Å². The van der Waals surface area contributed by atoms with E-state index in [1.54, 1.807) is 7.11 Å². The minimum atomic E-state index is 0.0836. The fraction of sp³-hybridized carbons (Fsp3) is 0.192. The van der Waals surface area contributed by atoms with Crippen molar-refractivity contribution in [2.45, 2.75) is 20.4 Å². The molecule has 0 unspecified atom stereocenters. The van der Waals surface area contributed by atoms with Crippen LogP contribution in [0.3, 0.4) is 0 Å². The van der Waals surface area contributed by atoms with Gasteiger partial charge < -0.3 is 9.64 Å². The topological polar surface area (TPSA) is 29.5 Å². The Balaban J connectivity index is 1.69. The number of ether oxygens (including phenoxy) is 1. The second kappa shape index (κ2) is 7.96. The van der Waals surface area contributed by atoms with Crippen molar-refractivity contribution in [3.63, 3.8) is 0 Å². The van der Waals surface area contributed by atoms with Crippen LogP contribution in [0.5, 0.6) is 5.75 Å². The number of aryl methyl sites for hydroxylation is 2. The molecule has 1 amide bonds. The minimum Gasteiger partial charge on any atom is -0.497 e. The molecule has 3 nitrogen and oxygen atoms in total. The summed E-state index contributed by atoms with van der Waals surface area (Å²) < 4.78 is 5.24. The lowest BCUT2D eigenvalue weighted by atomic mass is 9.96. The van der Waals surface area contributed by atoms with Crippen molar-refractivity contribution in [3.05, 3.63) is 101 Å². The molecule has 0 fully saturated rings. The van der Waals surface area contributed by atoms with Gasteiger partial charge in [0.15, 0.2) is 0 Å². The van der Waals surface area contributed by atoms with Gasteiger partial charge in [-0.1, -0.05) is 71.8 Å². The third-order valence-corrected chi connectivity index (χ3v) is 5.42. The predicted molar refractivity (Wildman–Crippen MR) is 118 cm³/mol. The molecule has 3 heteroatoms. The third-order valence-electron chi connectivity index (χ3n) is 5.42. The van der Waals surface area contributed by atoms with Crippen molar-refractivity contribution in [2.75, 3.05) is 13.7 Å². The highest BCUT2D eigenvalue weighted by Crippen LogP contribution is 2.35. The van der Waals surface area contributed by atoms with E-state index >= 15 is 0 Å². The van der Waals surface area contributed by atoms with Gasteiger partial charge in [0.1, 0.15) is 5.75 Å². The molecule has 146 valence electrons. The number of nitrogens with zero attached hydrogens (tertiary/aromatic N) is 1. The van der Waals surface area contributed by atoms with Gasteiger partial charge in [0.05, 0.1) is 12.7 Å². The highest BCUT2D eigenvalue weighted by molar-refractivity contribution is 6.30. The quantitative estimate of drug-likeness (QED) is 0.601. The monoisotopic (exact) mass is 383 g/mol. The van der Waals surface area contributed by atoms with Gasteiger partial charge in [0.2, 0.25) is 0 Å². The molecule has 4 rings (SSSR count). The zero-order chi connectivity index (χ0) is 20.4. The summed E-state index contributed by atoms with van der Waals surface area (Å²) in [5, 5.41) is 0. The molecule has 0 saturated carbocycles. The Hall–Kier alpha value is -3.33. The lowest BCUT2D eigenvalue weighted by Crippen LogP contribution is -2.26. The number of rotatable bonds is 5. The average Bonchev–Trinajstić information content (AvgIpc) is 3.06. The molecule has 0 radical (unpaired) electrons. The summed E-state index contributed by atoms with van der Waals surface area (Å²) in [6, 6.07) is 24.6. The van der Waals surface area contributed by atoms with E-state index in [9.17, 15) is 4.79 Å². The lowest BCUT2D eigenvalue weighted by molar-refractivity contribution is -0.124. The summed E-state index contributed by atoms with van der Waals surface area (Å²) in [6.45, 7) is 5.32. The lowest BCUT2D eigenvalue weighted by Gasteiger charge is -2.17. The molecule has 1 aliphatic heterocycles. The van der Waals surface area contributed by atoms with Crippen LogP contribution in [-0.2, 0) is 11.3 Å². The molecule has 0 bridgehead atoms. The predicted octanol–water partition coefficient (Wildman–Crippen LogP) is 5.27. The first-order chi connectivity index (χ1) is 14.0. The van der Waals surface area contributed by atoms with E-state index in [-0.39, 0.29) is 5.91 Å². The maximum atomic E-state index is 13.4. The normalized spacial score (nSPS) is 13.9. The fourth-order valence-corrected chi connectivity index (χ4v) is 3.72. The molecule has 0 saturated heterocycles. The highest BCUT2D eigenvalue weighted by Gasteiger charge is 2.31. The largest absolute Gasteiger partial charge is 0.497 e. The number of amides is 1. The van der Waals surface area contributed by atoms with Crippen molar-refractivity contribution in [2.24, 2.45) is 0 Å². The second-order valence-corrected chi connectivity index (χ2v) is 7.59. The van der Waals surface area contributed by atoms with Crippen LogP contribution in [0.15, 0.2) is 72.8 Å². The summed E-state index contributed by atoms with van der Waals surface area (Å²) >= 11 is 0. The number of benzene rings is 3. The maximum absolute atomic E-state index is 13.4. The van der Waals surface area contributed by atoms with Crippen LogP contribution in [0.4, 0.5) is 0 Å². The Morgan fingerprint density at radius 2 is 1.34 bits per heavy atom. The maximum Gasteiger partial charge on any atom is 0.255 e. The van der Waals surface area contributed by atoms with Gasteiger partial charge in [0.25, 0.3) is 5.91 Å². The van der Waals surface area contributed by atoms with Gasteiger partial charge in [-0.15, -0.1) is 0 Å². The first-order valence-corrected chi connectivity index (χ1v) is 9.84. The smallest absolute Gasteiger partial charge is 0.255 e. The Bertz CT molecular complexity index is 1050. The number of hydrogen-bond acceptors (Lipinski definition) is 2. The van der Waals surface area contributed by atoms with E-state index in [1.807, 2.05) is 41.3 Å². The molecule has 0 spiro atoms. The Morgan fingerprint density at radius 1 is 0.793 bits per heavy atom. The van der Waals surface area contributed by atoms with Gasteiger partial charge in [-0.05, 0) is 48.2 Å². The first-order valence-electron chi connectivity index (χ1n) is 9.84. The number of carbonyl (C=O) groups is 1. The molecule has 3 aromatic carbocycles. The molecular weight excluding hydrogens is 358 g/mol. The molecule has 1 aliphatic rings. The Kier molecular flexibility index (Phi) is 5.22. The van der Waals surface area contributed by atoms with Crippen LogP contribution in [0.25, 0.3) is 11.1 Å². The van der Waals surface area contributed by atoms with Crippen molar-refractivity contribution < 1.29 is 9.53 Å². The fourth-order valence-electron chi connectivity index (χ4n) is 3.72. The molecular formula is C26H25NO2. The van der Waals surface area contributed by atoms with Crippen molar-refractivity contribution in [1.82, 2.24) is 4.90 Å². The molecule has 29 heavy (non-hydrogen) atoms. The van der Waals surface area contributed by atoms with Gasteiger partial charge in [-0.2, -0.15) is 0 Å². The molecule has 3 aromatic rings. The molecule has 1 heterocycles. The van der Waals surface area contributed by atoms with E-state index in [0.717, 1.165) is 33.6 Å². The van der Waals surface area contributed by atoms with Crippen molar-refractivity contribution in [3.8, 4) is 5.75 Å². The highest BCUT2D eigenvalue weighted by atomic mass is 16.5. The average molecular weight is 383 g/mol. The first kappa shape index (κ1) is 19.0. The molecule has 0 N–H and O–H groups in total. The third kappa shape index (κ3) is 3.95. The van der Waals surface area contributed by atoms with Crippen molar-refractivity contribution >= 4 is 17.1 Å². The number of hydrogen-bond donors (Lipinski definition) is 0. The van der Waals surface area contributed by atoms with E-state index < -0.39 is 0 Å². The van der Waals surface area contributed by atoms with Crippen LogP contribution in [0.1, 0.15) is 27.8 Å². The van der Waals surface area contributed by atoms with E-state index in [0.29, 0.717) is 13.1 Å². The zero-order valence-corrected chi connectivity index (χ0v) is 17.1. The van der Waals surface area contributed by atoms with Crippen LogP contribution < -0.4 is 4.74 Å². The van der Waals surface area contributed by atoms with E-state index in [1.165, 1.54) is 11.1 Å². The van der Waals surface area contributed by atoms with Crippen molar-refractivity contribution in [1.29, 1.82) is 0 Å².